The minimum Gasteiger partial charge on any atom is -0.478 e. The Hall–Kier alpha value is -3.76. The molecule has 0 radical (unpaired) electrons. The predicted octanol–water partition coefficient (Wildman–Crippen LogP) is 4.86. The number of halogens is 2. The number of primary amides is 2. The number of amides is 2. The molecule has 5 aromatic rings. The largest absolute Gasteiger partial charge is 0.478 e. The fourth-order valence-corrected chi connectivity index (χ4v) is 5.96. The van der Waals surface area contributed by atoms with E-state index in [1.807, 2.05) is 0 Å². The van der Waals surface area contributed by atoms with E-state index in [-0.39, 0.29) is 37.5 Å². The first-order valence-electron chi connectivity index (χ1n) is 9.70. The van der Waals surface area contributed by atoms with Crippen LogP contribution in [0.25, 0.3) is 43.1 Å². The first kappa shape index (κ1) is 22.1. The molecule has 0 aromatic heterocycles. The van der Waals surface area contributed by atoms with Gasteiger partial charge in [-0.1, -0.05) is 18.2 Å². The van der Waals surface area contributed by atoms with Gasteiger partial charge in [-0.15, -0.1) is 0 Å². The standard InChI is InChI=1S/C24H12Br2N2O6/c25-19-17-9-3-6-12(24(33)34)14-11(23(31)32)5-2-7(13(9)14)8-1-4-10(21(27)29)16(15(8)17)18(20(19)26)22(28)30/h1-6H,(H2,27,29)(H2,28,30)(H,31,32)(H,33,34). The maximum absolute atomic E-state index is 12.5. The minimum absolute atomic E-state index is 0.0604. The first-order chi connectivity index (χ1) is 16.1. The predicted molar refractivity (Wildman–Crippen MR) is 134 cm³/mol. The molecule has 0 saturated heterocycles. The van der Waals surface area contributed by atoms with Crippen LogP contribution in [0.5, 0.6) is 0 Å². The van der Waals surface area contributed by atoms with Crippen molar-refractivity contribution in [2.75, 3.05) is 0 Å². The summed E-state index contributed by atoms with van der Waals surface area (Å²) in [6.45, 7) is 0. The number of hydrogen-bond donors (Lipinski definition) is 4. The molecule has 0 atom stereocenters. The molecule has 0 fully saturated rings. The monoisotopic (exact) mass is 582 g/mol. The lowest BCUT2D eigenvalue weighted by Crippen LogP contribution is -2.17. The number of carbonyl (C=O) groups is 4. The molecule has 168 valence electrons. The average molecular weight is 584 g/mol. The molecule has 8 nitrogen and oxygen atoms in total. The number of carboxylic acid groups (broad SMARTS) is 2. The molecule has 0 heterocycles. The normalized spacial score (nSPS) is 11.6. The van der Waals surface area contributed by atoms with Crippen LogP contribution >= 0.6 is 31.9 Å². The van der Waals surface area contributed by atoms with Crippen molar-refractivity contribution >= 4 is 98.7 Å². The van der Waals surface area contributed by atoms with E-state index in [2.05, 4.69) is 31.9 Å². The Morgan fingerprint density at radius 3 is 1.56 bits per heavy atom. The van der Waals surface area contributed by atoms with Crippen LogP contribution in [-0.4, -0.2) is 34.0 Å². The van der Waals surface area contributed by atoms with E-state index in [0.717, 1.165) is 0 Å². The van der Waals surface area contributed by atoms with Crippen LogP contribution in [0.4, 0.5) is 0 Å². The summed E-state index contributed by atoms with van der Waals surface area (Å²) in [5, 5.41) is 23.1. The van der Waals surface area contributed by atoms with Crippen LogP contribution in [0, 0.1) is 0 Å². The van der Waals surface area contributed by atoms with Gasteiger partial charge in [-0.05, 0) is 71.6 Å². The number of nitrogens with two attached hydrogens (primary N) is 2. The molecule has 6 N–H and O–H groups in total. The van der Waals surface area contributed by atoms with Crippen LogP contribution in [0.15, 0.2) is 45.3 Å². The van der Waals surface area contributed by atoms with E-state index in [0.29, 0.717) is 36.8 Å². The van der Waals surface area contributed by atoms with Crippen molar-refractivity contribution in [3.63, 3.8) is 0 Å². The van der Waals surface area contributed by atoms with E-state index < -0.39 is 23.8 Å². The highest BCUT2D eigenvalue weighted by Gasteiger charge is 2.28. The number of fused-ring (bicyclic) bond motifs is 2. The molecule has 0 spiro atoms. The molecule has 0 bridgehead atoms. The Bertz CT molecular complexity index is 1770. The van der Waals surface area contributed by atoms with Crippen molar-refractivity contribution in [2.24, 2.45) is 11.5 Å². The SMILES string of the molecule is NC(=O)c1ccc2c3ccc(C(=O)O)c4c(C(=O)O)ccc(c5c(Br)c(Br)c(C(N)=O)c1c25)c43. The van der Waals surface area contributed by atoms with E-state index in [1.54, 1.807) is 18.2 Å². The Balaban J connectivity index is 2.24. The van der Waals surface area contributed by atoms with Crippen molar-refractivity contribution < 1.29 is 29.4 Å². The van der Waals surface area contributed by atoms with E-state index >= 15 is 0 Å². The number of carboxylic acids is 2. The van der Waals surface area contributed by atoms with Gasteiger partial charge < -0.3 is 21.7 Å². The summed E-state index contributed by atoms with van der Waals surface area (Å²) < 4.78 is 0.725. The van der Waals surface area contributed by atoms with Gasteiger partial charge in [0.1, 0.15) is 0 Å². The van der Waals surface area contributed by atoms with Crippen molar-refractivity contribution in [1.82, 2.24) is 0 Å². The van der Waals surface area contributed by atoms with Crippen LogP contribution in [0.3, 0.4) is 0 Å². The van der Waals surface area contributed by atoms with Crippen LogP contribution in [0.2, 0.25) is 0 Å². The summed E-state index contributed by atoms with van der Waals surface area (Å²) in [4.78, 5) is 48.8. The van der Waals surface area contributed by atoms with Crippen LogP contribution in [0.1, 0.15) is 41.4 Å². The molecule has 5 aromatic carbocycles. The highest BCUT2D eigenvalue weighted by atomic mass is 79.9. The molecular weight excluding hydrogens is 572 g/mol. The lowest BCUT2D eigenvalue weighted by Gasteiger charge is -2.21. The molecule has 0 aliphatic carbocycles. The van der Waals surface area contributed by atoms with Crippen molar-refractivity contribution in [1.29, 1.82) is 0 Å². The van der Waals surface area contributed by atoms with Gasteiger partial charge in [0.25, 0.3) is 5.91 Å². The maximum atomic E-state index is 12.5. The zero-order valence-electron chi connectivity index (χ0n) is 16.9. The summed E-state index contributed by atoms with van der Waals surface area (Å²) >= 11 is 6.92. The molecule has 5 rings (SSSR count). The summed E-state index contributed by atoms with van der Waals surface area (Å²) in [7, 11) is 0. The lowest BCUT2D eigenvalue weighted by atomic mass is 9.84. The zero-order chi connectivity index (χ0) is 24.6. The Kier molecular flexibility index (Phi) is 4.78. The zero-order valence-corrected chi connectivity index (χ0v) is 20.1. The van der Waals surface area contributed by atoms with Gasteiger partial charge in [0, 0.05) is 36.1 Å². The van der Waals surface area contributed by atoms with Gasteiger partial charge in [0.15, 0.2) is 0 Å². The maximum Gasteiger partial charge on any atom is 0.336 e. The minimum atomic E-state index is -1.27. The van der Waals surface area contributed by atoms with Crippen LogP contribution < -0.4 is 11.5 Å². The van der Waals surface area contributed by atoms with Crippen molar-refractivity contribution in [3.8, 4) is 0 Å². The Labute approximate surface area is 206 Å². The first-order valence-corrected chi connectivity index (χ1v) is 11.3. The third-order valence-electron chi connectivity index (χ3n) is 6.03. The van der Waals surface area contributed by atoms with Gasteiger partial charge in [-0.2, -0.15) is 0 Å². The summed E-state index contributed by atoms with van der Waals surface area (Å²) in [6.07, 6.45) is 0. The van der Waals surface area contributed by atoms with Gasteiger partial charge in [-0.25, -0.2) is 9.59 Å². The molecule has 34 heavy (non-hydrogen) atoms. The molecule has 0 aliphatic heterocycles. The highest BCUT2D eigenvalue weighted by molar-refractivity contribution is 9.13. The van der Waals surface area contributed by atoms with Gasteiger partial charge in [0.05, 0.1) is 16.7 Å². The summed E-state index contributed by atoms with van der Waals surface area (Å²) in [6, 6.07) is 8.96. The number of aromatic carboxylic acids is 2. The number of rotatable bonds is 4. The fourth-order valence-electron chi connectivity index (χ4n) is 4.76. The van der Waals surface area contributed by atoms with Gasteiger partial charge in [0.2, 0.25) is 5.91 Å². The third kappa shape index (κ3) is 2.75. The fraction of sp³-hybridized carbons (Fsp3) is 0. The van der Waals surface area contributed by atoms with E-state index in [1.165, 1.54) is 18.2 Å². The van der Waals surface area contributed by atoms with Crippen molar-refractivity contribution in [2.45, 2.75) is 0 Å². The van der Waals surface area contributed by atoms with E-state index in [4.69, 9.17) is 11.5 Å². The summed E-state index contributed by atoms with van der Waals surface area (Å²) in [5.74, 6) is -4.07. The molecule has 0 saturated carbocycles. The van der Waals surface area contributed by atoms with Gasteiger partial charge in [-0.3, -0.25) is 9.59 Å². The second kappa shape index (κ2) is 7.37. The second-order valence-corrected chi connectivity index (χ2v) is 9.28. The third-order valence-corrected chi connectivity index (χ3v) is 8.15. The van der Waals surface area contributed by atoms with Crippen molar-refractivity contribution in [3.05, 3.63) is 67.6 Å². The summed E-state index contributed by atoms with van der Waals surface area (Å²) in [5.41, 5.74) is 11.1. The van der Waals surface area contributed by atoms with Crippen LogP contribution in [-0.2, 0) is 0 Å². The quantitative estimate of drug-likeness (QED) is 0.174. The lowest BCUT2D eigenvalue weighted by molar-refractivity contribution is 0.0695. The Morgan fingerprint density at radius 2 is 1.06 bits per heavy atom. The molecule has 0 aliphatic rings. The molecule has 2 amide bonds. The Morgan fingerprint density at radius 1 is 0.559 bits per heavy atom. The number of carbonyl (C=O) groups excluding carboxylic acids is 2. The molecule has 0 unspecified atom stereocenters. The second-order valence-electron chi connectivity index (χ2n) is 7.70. The molecule has 10 heteroatoms. The number of benzene rings is 5. The van der Waals surface area contributed by atoms with Gasteiger partial charge >= 0.3 is 11.9 Å². The average Bonchev–Trinajstić information content (AvgIpc) is 2.77. The number of hydrogen-bond acceptors (Lipinski definition) is 4. The highest BCUT2D eigenvalue weighted by Crippen LogP contribution is 2.49. The molecular formula is C24H12Br2N2O6. The smallest absolute Gasteiger partial charge is 0.336 e. The topological polar surface area (TPSA) is 161 Å². The van der Waals surface area contributed by atoms with E-state index in [9.17, 15) is 29.4 Å².